The van der Waals surface area contributed by atoms with Crippen molar-refractivity contribution in [1.82, 2.24) is 5.32 Å². The maximum Gasteiger partial charge on any atom is 0.248 e. The van der Waals surface area contributed by atoms with E-state index >= 15 is 0 Å². The SMILES string of the molecule is Cc1cc(C(N)=O)ccc1COCC1CNCC(C)O1. The normalized spacial score (nSPS) is 22.7. The molecule has 1 aliphatic rings. The molecule has 2 atom stereocenters. The summed E-state index contributed by atoms with van der Waals surface area (Å²) in [6, 6.07) is 5.41. The molecule has 1 heterocycles. The van der Waals surface area contributed by atoms with Gasteiger partial charge in [-0.05, 0) is 37.1 Å². The van der Waals surface area contributed by atoms with E-state index in [0.29, 0.717) is 18.8 Å². The number of carbonyl (C=O) groups is 1. The van der Waals surface area contributed by atoms with E-state index in [9.17, 15) is 4.79 Å². The Hall–Kier alpha value is -1.43. The number of benzene rings is 1. The smallest absolute Gasteiger partial charge is 0.248 e. The summed E-state index contributed by atoms with van der Waals surface area (Å²) in [7, 11) is 0. The van der Waals surface area contributed by atoms with Crippen molar-refractivity contribution >= 4 is 5.91 Å². The Bertz CT molecular complexity index is 476. The van der Waals surface area contributed by atoms with Gasteiger partial charge in [-0.1, -0.05) is 6.07 Å². The van der Waals surface area contributed by atoms with E-state index in [0.717, 1.165) is 24.2 Å². The van der Waals surface area contributed by atoms with Crippen LogP contribution in [-0.4, -0.2) is 37.8 Å². The van der Waals surface area contributed by atoms with E-state index in [-0.39, 0.29) is 12.2 Å². The van der Waals surface area contributed by atoms with E-state index in [1.54, 1.807) is 12.1 Å². The van der Waals surface area contributed by atoms with E-state index in [4.69, 9.17) is 15.2 Å². The monoisotopic (exact) mass is 278 g/mol. The zero-order valence-corrected chi connectivity index (χ0v) is 12.0. The molecule has 20 heavy (non-hydrogen) atoms. The lowest BCUT2D eigenvalue weighted by atomic mass is 10.1. The van der Waals surface area contributed by atoms with Gasteiger partial charge in [0.25, 0.3) is 0 Å². The van der Waals surface area contributed by atoms with E-state index < -0.39 is 5.91 Å². The van der Waals surface area contributed by atoms with Gasteiger partial charge in [0, 0.05) is 18.7 Å². The molecule has 0 spiro atoms. The molecule has 0 aromatic heterocycles. The van der Waals surface area contributed by atoms with Gasteiger partial charge in [0.1, 0.15) is 0 Å². The number of morpholine rings is 1. The fraction of sp³-hybridized carbons (Fsp3) is 0.533. The molecule has 1 saturated heterocycles. The lowest BCUT2D eigenvalue weighted by Gasteiger charge is -2.28. The minimum absolute atomic E-state index is 0.101. The van der Waals surface area contributed by atoms with Gasteiger partial charge in [-0.2, -0.15) is 0 Å². The van der Waals surface area contributed by atoms with Crippen LogP contribution in [0, 0.1) is 6.92 Å². The Morgan fingerprint density at radius 1 is 1.50 bits per heavy atom. The van der Waals surface area contributed by atoms with Crippen molar-refractivity contribution < 1.29 is 14.3 Å². The van der Waals surface area contributed by atoms with Crippen LogP contribution < -0.4 is 11.1 Å². The van der Waals surface area contributed by atoms with E-state index in [2.05, 4.69) is 5.32 Å². The Kier molecular flexibility index (Phi) is 5.11. The Morgan fingerprint density at radius 3 is 2.95 bits per heavy atom. The second kappa shape index (κ2) is 6.83. The number of hydrogen-bond donors (Lipinski definition) is 2. The van der Waals surface area contributed by atoms with Gasteiger partial charge < -0.3 is 20.5 Å². The Balaban J connectivity index is 1.83. The van der Waals surface area contributed by atoms with Crippen LogP contribution in [0.4, 0.5) is 0 Å². The lowest BCUT2D eigenvalue weighted by Crippen LogP contribution is -2.45. The van der Waals surface area contributed by atoms with Crippen LogP contribution in [0.2, 0.25) is 0 Å². The quantitative estimate of drug-likeness (QED) is 0.842. The number of aryl methyl sites for hydroxylation is 1. The van der Waals surface area contributed by atoms with Crippen LogP contribution in [0.3, 0.4) is 0 Å². The van der Waals surface area contributed by atoms with Crippen molar-refractivity contribution in [3.05, 3.63) is 34.9 Å². The van der Waals surface area contributed by atoms with Gasteiger partial charge in [0.05, 0.1) is 25.4 Å². The molecule has 0 bridgehead atoms. The second-order valence-corrected chi connectivity index (χ2v) is 5.25. The van der Waals surface area contributed by atoms with Gasteiger partial charge in [0.2, 0.25) is 5.91 Å². The molecule has 1 aromatic rings. The number of amides is 1. The predicted octanol–water partition coefficient (Wildman–Crippen LogP) is 0.987. The molecule has 110 valence electrons. The molecule has 1 fully saturated rings. The van der Waals surface area contributed by atoms with Gasteiger partial charge in [-0.25, -0.2) is 0 Å². The highest BCUT2D eigenvalue weighted by atomic mass is 16.5. The molecule has 5 nitrogen and oxygen atoms in total. The number of ether oxygens (including phenoxy) is 2. The average Bonchev–Trinajstić information content (AvgIpc) is 2.40. The van der Waals surface area contributed by atoms with Crippen LogP contribution in [0.1, 0.15) is 28.4 Å². The number of nitrogens with two attached hydrogens (primary N) is 1. The van der Waals surface area contributed by atoms with Crippen LogP contribution in [0.15, 0.2) is 18.2 Å². The number of rotatable bonds is 5. The third-order valence-corrected chi connectivity index (χ3v) is 3.42. The zero-order chi connectivity index (χ0) is 14.5. The second-order valence-electron chi connectivity index (χ2n) is 5.25. The topological polar surface area (TPSA) is 73.6 Å². The van der Waals surface area contributed by atoms with Crippen molar-refractivity contribution in [2.75, 3.05) is 19.7 Å². The molecule has 1 aromatic carbocycles. The van der Waals surface area contributed by atoms with Crippen LogP contribution in [0.5, 0.6) is 0 Å². The highest BCUT2D eigenvalue weighted by molar-refractivity contribution is 5.93. The fourth-order valence-corrected chi connectivity index (χ4v) is 2.28. The largest absolute Gasteiger partial charge is 0.374 e. The summed E-state index contributed by atoms with van der Waals surface area (Å²) in [6.07, 6.45) is 0.331. The lowest BCUT2D eigenvalue weighted by molar-refractivity contribution is -0.0716. The molecular weight excluding hydrogens is 256 g/mol. The summed E-state index contributed by atoms with van der Waals surface area (Å²) in [5.41, 5.74) is 7.85. The van der Waals surface area contributed by atoms with Crippen molar-refractivity contribution in [2.24, 2.45) is 5.73 Å². The number of primary amides is 1. The van der Waals surface area contributed by atoms with Crippen LogP contribution in [-0.2, 0) is 16.1 Å². The third-order valence-electron chi connectivity index (χ3n) is 3.42. The van der Waals surface area contributed by atoms with Gasteiger partial charge in [0.15, 0.2) is 0 Å². The summed E-state index contributed by atoms with van der Waals surface area (Å²) >= 11 is 0. The minimum atomic E-state index is -0.406. The first kappa shape index (κ1) is 15.0. The molecule has 0 aliphatic carbocycles. The molecular formula is C15H22N2O3. The minimum Gasteiger partial charge on any atom is -0.374 e. The first-order valence-corrected chi connectivity index (χ1v) is 6.89. The maximum absolute atomic E-state index is 11.1. The molecule has 1 aliphatic heterocycles. The number of nitrogens with one attached hydrogen (secondary N) is 1. The molecule has 1 amide bonds. The zero-order valence-electron chi connectivity index (χ0n) is 12.0. The van der Waals surface area contributed by atoms with E-state index in [1.165, 1.54) is 0 Å². The first-order valence-electron chi connectivity index (χ1n) is 6.89. The van der Waals surface area contributed by atoms with Crippen molar-refractivity contribution in [3.63, 3.8) is 0 Å². The summed E-state index contributed by atoms with van der Waals surface area (Å²) in [5.74, 6) is -0.406. The molecule has 0 saturated carbocycles. The van der Waals surface area contributed by atoms with Crippen molar-refractivity contribution in [1.29, 1.82) is 0 Å². The van der Waals surface area contributed by atoms with E-state index in [1.807, 2.05) is 19.9 Å². The molecule has 0 radical (unpaired) electrons. The maximum atomic E-state index is 11.1. The summed E-state index contributed by atoms with van der Waals surface area (Å²) in [5, 5.41) is 3.31. The van der Waals surface area contributed by atoms with Crippen LogP contribution >= 0.6 is 0 Å². The molecule has 3 N–H and O–H groups in total. The van der Waals surface area contributed by atoms with Gasteiger partial charge in [-0.3, -0.25) is 4.79 Å². The van der Waals surface area contributed by atoms with Crippen LogP contribution in [0.25, 0.3) is 0 Å². The molecule has 5 heteroatoms. The Morgan fingerprint density at radius 2 is 2.30 bits per heavy atom. The highest BCUT2D eigenvalue weighted by Gasteiger charge is 2.18. The summed E-state index contributed by atoms with van der Waals surface area (Å²) in [6.45, 7) is 6.79. The average molecular weight is 278 g/mol. The summed E-state index contributed by atoms with van der Waals surface area (Å²) < 4.78 is 11.5. The van der Waals surface area contributed by atoms with Gasteiger partial charge in [-0.15, -0.1) is 0 Å². The summed E-state index contributed by atoms with van der Waals surface area (Å²) in [4.78, 5) is 11.1. The number of carbonyl (C=O) groups excluding carboxylic acids is 1. The highest BCUT2D eigenvalue weighted by Crippen LogP contribution is 2.13. The third kappa shape index (κ3) is 4.03. The fourth-order valence-electron chi connectivity index (χ4n) is 2.28. The Labute approximate surface area is 119 Å². The number of hydrogen-bond acceptors (Lipinski definition) is 4. The predicted molar refractivity (Wildman–Crippen MR) is 76.6 cm³/mol. The molecule has 2 unspecified atom stereocenters. The standard InChI is InChI=1S/C15H22N2O3/c1-10-5-12(15(16)18)3-4-13(10)8-19-9-14-7-17-6-11(2)20-14/h3-5,11,14,17H,6-9H2,1-2H3,(H2,16,18). The van der Waals surface area contributed by atoms with Crippen molar-refractivity contribution in [2.45, 2.75) is 32.7 Å². The van der Waals surface area contributed by atoms with Crippen molar-refractivity contribution in [3.8, 4) is 0 Å². The first-order chi connectivity index (χ1) is 9.56. The van der Waals surface area contributed by atoms with Gasteiger partial charge >= 0.3 is 0 Å². The molecule has 2 rings (SSSR count).